The van der Waals surface area contributed by atoms with E-state index in [1.54, 1.807) is 0 Å². The Morgan fingerprint density at radius 2 is 2.18 bits per heavy atom. The number of rotatable bonds is 1. The van der Waals surface area contributed by atoms with Crippen molar-refractivity contribution in [1.29, 1.82) is 0 Å². The first kappa shape index (κ1) is 8.31. The molecule has 0 saturated carbocycles. The van der Waals surface area contributed by atoms with Crippen LogP contribution in [0.1, 0.15) is 20.8 Å². The third-order valence-electron chi connectivity index (χ3n) is 2.06. The van der Waals surface area contributed by atoms with E-state index in [1.165, 1.54) is 5.57 Å². The summed E-state index contributed by atoms with van der Waals surface area (Å²) in [4.78, 5) is 6.28. The maximum absolute atomic E-state index is 4.11. The molecule has 11 heavy (non-hydrogen) atoms. The van der Waals surface area contributed by atoms with E-state index in [4.69, 9.17) is 0 Å². The fourth-order valence-electron chi connectivity index (χ4n) is 1.72. The van der Waals surface area contributed by atoms with E-state index in [0.29, 0.717) is 12.0 Å². The standard InChI is InChI=1S/C9H16N2/c1-7(2)9-8(3)5-10-6-11(9)4/h5-7,9H,1-4H3/t9-/m0/s1. The fourth-order valence-corrected chi connectivity index (χ4v) is 1.72. The minimum atomic E-state index is 0.535. The van der Waals surface area contributed by atoms with Crippen LogP contribution in [0.15, 0.2) is 16.8 Å². The zero-order chi connectivity index (χ0) is 8.43. The molecule has 0 N–H and O–H groups in total. The van der Waals surface area contributed by atoms with Crippen molar-refractivity contribution >= 4 is 6.34 Å². The van der Waals surface area contributed by atoms with Crippen LogP contribution in [0.4, 0.5) is 0 Å². The summed E-state index contributed by atoms with van der Waals surface area (Å²) in [5, 5.41) is 0. The Balaban J connectivity index is 2.78. The highest BCUT2D eigenvalue weighted by molar-refractivity contribution is 5.58. The summed E-state index contributed by atoms with van der Waals surface area (Å²) in [5.74, 6) is 0.656. The maximum atomic E-state index is 4.11. The number of aliphatic imine (C=N–C) groups is 1. The summed E-state index contributed by atoms with van der Waals surface area (Å²) in [6, 6.07) is 0.535. The first-order valence-corrected chi connectivity index (χ1v) is 4.05. The Bertz CT molecular complexity index is 192. The van der Waals surface area contributed by atoms with Gasteiger partial charge < -0.3 is 4.90 Å². The van der Waals surface area contributed by atoms with Crippen LogP contribution < -0.4 is 0 Å². The number of nitrogens with zero attached hydrogens (tertiary/aromatic N) is 2. The highest BCUT2D eigenvalue weighted by Gasteiger charge is 2.20. The second-order valence-corrected chi connectivity index (χ2v) is 3.49. The Hall–Kier alpha value is -0.790. The van der Waals surface area contributed by atoms with Crippen LogP contribution in [0.25, 0.3) is 0 Å². The van der Waals surface area contributed by atoms with Crippen molar-refractivity contribution in [2.24, 2.45) is 10.9 Å². The van der Waals surface area contributed by atoms with E-state index in [9.17, 15) is 0 Å². The van der Waals surface area contributed by atoms with Crippen LogP contribution in [0.5, 0.6) is 0 Å². The summed E-state index contributed by atoms with van der Waals surface area (Å²) in [6.45, 7) is 6.60. The Kier molecular flexibility index (Phi) is 2.32. The van der Waals surface area contributed by atoms with Crippen molar-refractivity contribution < 1.29 is 0 Å². The van der Waals surface area contributed by atoms with E-state index >= 15 is 0 Å². The molecule has 1 rings (SSSR count). The molecular formula is C9H16N2. The first-order chi connectivity index (χ1) is 5.13. The van der Waals surface area contributed by atoms with Crippen molar-refractivity contribution in [3.05, 3.63) is 11.8 Å². The molecule has 62 valence electrons. The van der Waals surface area contributed by atoms with E-state index in [0.717, 1.165) is 0 Å². The van der Waals surface area contributed by atoms with Crippen LogP contribution >= 0.6 is 0 Å². The molecule has 2 heteroatoms. The molecule has 0 fully saturated rings. The van der Waals surface area contributed by atoms with E-state index in [2.05, 4.69) is 37.7 Å². The van der Waals surface area contributed by atoms with Gasteiger partial charge in [0.05, 0.1) is 12.4 Å². The minimum absolute atomic E-state index is 0.535. The number of hydrogen-bond donors (Lipinski definition) is 0. The molecule has 1 atom stereocenters. The van der Waals surface area contributed by atoms with E-state index in [1.807, 2.05) is 12.5 Å². The molecule has 1 heterocycles. The van der Waals surface area contributed by atoms with E-state index < -0.39 is 0 Å². The normalized spacial score (nSPS) is 24.3. The van der Waals surface area contributed by atoms with Gasteiger partial charge in [-0.2, -0.15) is 0 Å². The van der Waals surface area contributed by atoms with Gasteiger partial charge in [0.1, 0.15) is 0 Å². The third kappa shape index (κ3) is 1.62. The van der Waals surface area contributed by atoms with Gasteiger partial charge in [0, 0.05) is 13.2 Å². The van der Waals surface area contributed by atoms with Crippen LogP contribution in [-0.4, -0.2) is 24.3 Å². The van der Waals surface area contributed by atoms with Gasteiger partial charge in [0.2, 0.25) is 0 Å². The Morgan fingerprint density at radius 3 is 2.55 bits per heavy atom. The molecule has 0 bridgehead atoms. The molecule has 0 saturated heterocycles. The van der Waals surface area contributed by atoms with Crippen molar-refractivity contribution in [1.82, 2.24) is 4.90 Å². The lowest BCUT2D eigenvalue weighted by Crippen LogP contribution is -2.37. The first-order valence-electron chi connectivity index (χ1n) is 4.05. The largest absolute Gasteiger partial charge is 0.359 e. The molecule has 0 aromatic carbocycles. The molecule has 0 spiro atoms. The summed E-state index contributed by atoms with van der Waals surface area (Å²) >= 11 is 0. The third-order valence-corrected chi connectivity index (χ3v) is 2.06. The molecular weight excluding hydrogens is 136 g/mol. The lowest BCUT2D eigenvalue weighted by Gasteiger charge is -2.32. The summed E-state index contributed by atoms with van der Waals surface area (Å²) in [7, 11) is 2.07. The maximum Gasteiger partial charge on any atom is 0.0907 e. The lowest BCUT2D eigenvalue weighted by atomic mass is 9.96. The van der Waals surface area contributed by atoms with Crippen molar-refractivity contribution in [2.75, 3.05) is 7.05 Å². The molecule has 0 aromatic rings. The number of hydrogen-bond acceptors (Lipinski definition) is 2. The van der Waals surface area contributed by atoms with Gasteiger partial charge >= 0.3 is 0 Å². The van der Waals surface area contributed by atoms with Crippen LogP contribution in [-0.2, 0) is 0 Å². The Morgan fingerprint density at radius 1 is 1.55 bits per heavy atom. The quantitative estimate of drug-likeness (QED) is 0.560. The summed E-state index contributed by atoms with van der Waals surface area (Å²) in [6.07, 6.45) is 3.84. The van der Waals surface area contributed by atoms with Crippen molar-refractivity contribution in [3.8, 4) is 0 Å². The van der Waals surface area contributed by atoms with Gasteiger partial charge in [-0.3, -0.25) is 0 Å². The molecule has 2 nitrogen and oxygen atoms in total. The highest BCUT2D eigenvalue weighted by atomic mass is 15.2. The van der Waals surface area contributed by atoms with Crippen molar-refractivity contribution in [2.45, 2.75) is 26.8 Å². The lowest BCUT2D eigenvalue weighted by molar-refractivity contribution is 0.329. The van der Waals surface area contributed by atoms with Gasteiger partial charge in [-0.25, -0.2) is 4.99 Å². The van der Waals surface area contributed by atoms with Gasteiger partial charge in [0.15, 0.2) is 0 Å². The van der Waals surface area contributed by atoms with Gasteiger partial charge in [-0.15, -0.1) is 0 Å². The molecule has 0 radical (unpaired) electrons. The van der Waals surface area contributed by atoms with Gasteiger partial charge in [-0.05, 0) is 18.4 Å². The van der Waals surface area contributed by atoms with Crippen LogP contribution in [0.2, 0.25) is 0 Å². The molecule has 0 aliphatic carbocycles. The Labute approximate surface area is 68.6 Å². The average Bonchev–Trinajstić information content (AvgIpc) is 1.85. The topological polar surface area (TPSA) is 15.6 Å². The molecule has 1 aliphatic rings. The molecule has 0 aromatic heterocycles. The summed E-state index contributed by atoms with van der Waals surface area (Å²) < 4.78 is 0. The van der Waals surface area contributed by atoms with Crippen LogP contribution in [0.3, 0.4) is 0 Å². The fraction of sp³-hybridized carbons (Fsp3) is 0.667. The van der Waals surface area contributed by atoms with Gasteiger partial charge in [0.25, 0.3) is 0 Å². The number of likely N-dealkylation sites (N-methyl/N-ethyl adjacent to an activating group) is 1. The molecule has 0 unspecified atom stereocenters. The zero-order valence-corrected chi connectivity index (χ0v) is 7.70. The van der Waals surface area contributed by atoms with Crippen molar-refractivity contribution in [3.63, 3.8) is 0 Å². The predicted octanol–water partition coefficient (Wildman–Crippen LogP) is 1.89. The van der Waals surface area contributed by atoms with E-state index in [-0.39, 0.29) is 0 Å². The second kappa shape index (κ2) is 3.07. The summed E-state index contributed by atoms with van der Waals surface area (Å²) in [5.41, 5.74) is 1.35. The monoisotopic (exact) mass is 152 g/mol. The average molecular weight is 152 g/mol. The molecule has 1 aliphatic heterocycles. The predicted molar refractivity (Wildman–Crippen MR) is 48.6 cm³/mol. The van der Waals surface area contributed by atoms with Gasteiger partial charge in [-0.1, -0.05) is 13.8 Å². The van der Waals surface area contributed by atoms with Crippen LogP contribution in [0, 0.1) is 5.92 Å². The smallest absolute Gasteiger partial charge is 0.0907 e. The highest BCUT2D eigenvalue weighted by Crippen LogP contribution is 2.18. The SMILES string of the molecule is CC1=CN=CN(C)[C@H]1C(C)C. The zero-order valence-electron chi connectivity index (χ0n) is 7.70. The molecule has 0 amide bonds. The minimum Gasteiger partial charge on any atom is -0.359 e. The second-order valence-electron chi connectivity index (χ2n) is 3.49.